The molecule has 6 nitrogen and oxygen atoms in total. The van der Waals surface area contributed by atoms with Gasteiger partial charge in [0.25, 0.3) is 0 Å². The lowest BCUT2D eigenvalue weighted by Crippen LogP contribution is -2.40. The molecule has 0 radical (unpaired) electrons. The second-order valence-corrected chi connectivity index (χ2v) is 4.73. The molecule has 0 spiro atoms. The Hall–Kier alpha value is -1.85. The number of aryl methyl sites for hydroxylation is 1. The zero-order valence-corrected chi connectivity index (χ0v) is 11.1. The fraction of sp³-hybridized carbons (Fsp3) is 0.615. The molecular weight excluding hydrogens is 246 g/mol. The van der Waals surface area contributed by atoms with Crippen LogP contribution in [-0.2, 0) is 20.9 Å². The average molecular weight is 265 g/mol. The van der Waals surface area contributed by atoms with Crippen molar-refractivity contribution in [2.45, 2.75) is 25.8 Å². The molecule has 1 fully saturated rings. The van der Waals surface area contributed by atoms with Gasteiger partial charge in [-0.05, 0) is 12.8 Å². The minimum absolute atomic E-state index is 0.0531. The Morgan fingerprint density at radius 2 is 2.11 bits per heavy atom. The van der Waals surface area contributed by atoms with Crippen LogP contribution in [0.4, 0.5) is 0 Å². The van der Waals surface area contributed by atoms with Gasteiger partial charge in [0.2, 0.25) is 5.91 Å². The van der Waals surface area contributed by atoms with Crippen LogP contribution in [0.25, 0.3) is 0 Å². The van der Waals surface area contributed by atoms with E-state index in [1.807, 2.05) is 15.7 Å². The molecule has 104 valence electrons. The lowest BCUT2D eigenvalue weighted by molar-refractivity contribution is -0.148. The van der Waals surface area contributed by atoms with E-state index in [0.29, 0.717) is 38.9 Å². The third kappa shape index (κ3) is 3.56. The highest BCUT2D eigenvalue weighted by Crippen LogP contribution is 2.19. The maximum Gasteiger partial charge on any atom is 0.308 e. The Kier molecular flexibility index (Phi) is 4.54. The number of hydrogen-bond acceptors (Lipinski definition) is 4. The number of carbonyl (C=O) groups is 2. The van der Waals surface area contributed by atoms with Crippen LogP contribution in [0.5, 0.6) is 0 Å². The number of rotatable bonds is 4. The van der Waals surface area contributed by atoms with Crippen molar-refractivity contribution in [3.05, 3.63) is 18.7 Å². The summed E-state index contributed by atoms with van der Waals surface area (Å²) in [4.78, 5) is 29.2. The van der Waals surface area contributed by atoms with Crippen LogP contribution in [0.2, 0.25) is 0 Å². The number of nitrogens with zero attached hydrogens (tertiary/aromatic N) is 3. The second kappa shape index (κ2) is 6.36. The molecule has 2 rings (SSSR count). The summed E-state index contributed by atoms with van der Waals surface area (Å²) >= 11 is 0. The summed E-state index contributed by atoms with van der Waals surface area (Å²) in [5.74, 6) is -0.0785. The summed E-state index contributed by atoms with van der Waals surface area (Å²) in [6, 6.07) is 0. The van der Waals surface area contributed by atoms with E-state index in [-0.39, 0.29) is 17.8 Å². The Bertz CT molecular complexity index is 422. The molecule has 0 bridgehead atoms. The molecule has 1 aromatic rings. The van der Waals surface area contributed by atoms with E-state index in [2.05, 4.69) is 4.98 Å². The van der Waals surface area contributed by atoms with Gasteiger partial charge in [0.15, 0.2) is 0 Å². The van der Waals surface area contributed by atoms with Crippen LogP contribution in [0.1, 0.15) is 19.3 Å². The van der Waals surface area contributed by atoms with Gasteiger partial charge in [-0.1, -0.05) is 0 Å². The predicted octanol–water partition coefficient (Wildman–Crippen LogP) is 0.685. The van der Waals surface area contributed by atoms with Crippen LogP contribution < -0.4 is 0 Å². The molecule has 0 aromatic carbocycles. The molecule has 2 heterocycles. The topological polar surface area (TPSA) is 64.4 Å². The maximum atomic E-state index is 12.0. The number of esters is 1. The van der Waals surface area contributed by atoms with Crippen molar-refractivity contribution in [1.82, 2.24) is 14.5 Å². The number of carbonyl (C=O) groups excluding carboxylic acids is 2. The van der Waals surface area contributed by atoms with Gasteiger partial charge in [0.1, 0.15) is 0 Å². The molecule has 0 atom stereocenters. The Morgan fingerprint density at radius 3 is 2.68 bits per heavy atom. The molecule has 1 aliphatic rings. The molecule has 0 saturated carbocycles. The van der Waals surface area contributed by atoms with Gasteiger partial charge in [0, 0.05) is 38.4 Å². The first kappa shape index (κ1) is 13.6. The molecule has 1 saturated heterocycles. The van der Waals surface area contributed by atoms with Crippen molar-refractivity contribution in [2.24, 2.45) is 5.92 Å². The number of hydrogen-bond donors (Lipinski definition) is 0. The third-order valence-electron chi connectivity index (χ3n) is 3.53. The van der Waals surface area contributed by atoms with E-state index < -0.39 is 0 Å². The van der Waals surface area contributed by atoms with Crippen molar-refractivity contribution < 1.29 is 14.3 Å². The van der Waals surface area contributed by atoms with Crippen molar-refractivity contribution in [3.63, 3.8) is 0 Å². The number of ether oxygens (including phenoxy) is 1. The van der Waals surface area contributed by atoms with Crippen molar-refractivity contribution in [3.8, 4) is 0 Å². The summed E-state index contributed by atoms with van der Waals surface area (Å²) in [5, 5.41) is 0. The lowest BCUT2D eigenvalue weighted by Gasteiger charge is -2.30. The van der Waals surface area contributed by atoms with Crippen LogP contribution >= 0.6 is 0 Å². The monoisotopic (exact) mass is 265 g/mol. The van der Waals surface area contributed by atoms with Gasteiger partial charge < -0.3 is 14.2 Å². The van der Waals surface area contributed by atoms with Gasteiger partial charge in [-0.2, -0.15) is 0 Å². The summed E-state index contributed by atoms with van der Waals surface area (Å²) < 4.78 is 6.62. The van der Waals surface area contributed by atoms with E-state index >= 15 is 0 Å². The van der Waals surface area contributed by atoms with Crippen LogP contribution in [0, 0.1) is 5.92 Å². The Balaban J connectivity index is 1.74. The minimum atomic E-state index is -0.162. The van der Waals surface area contributed by atoms with Gasteiger partial charge >= 0.3 is 5.97 Å². The standard InChI is InChI=1S/C13H19N3O3/c1-19-13(18)11-2-7-16(8-3-11)12(17)4-6-15-9-5-14-10-15/h5,9-11H,2-4,6-8H2,1H3. The number of piperidine rings is 1. The first-order valence-electron chi connectivity index (χ1n) is 6.52. The SMILES string of the molecule is COC(=O)C1CCN(C(=O)CCn2ccnc2)CC1. The smallest absolute Gasteiger partial charge is 0.308 e. The molecule has 19 heavy (non-hydrogen) atoms. The van der Waals surface area contributed by atoms with E-state index in [1.165, 1.54) is 7.11 Å². The molecule has 6 heteroatoms. The fourth-order valence-electron chi connectivity index (χ4n) is 2.33. The number of likely N-dealkylation sites (tertiary alicyclic amines) is 1. The molecule has 1 amide bonds. The summed E-state index contributed by atoms with van der Waals surface area (Å²) in [6.07, 6.45) is 7.12. The lowest BCUT2D eigenvalue weighted by atomic mass is 9.97. The zero-order valence-electron chi connectivity index (χ0n) is 11.1. The number of imidazole rings is 1. The largest absolute Gasteiger partial charge is 0.469 e. The highest BCUT2D eigenvalue weighted by Gasteiger charge is 2.27. The molecule has 1 aliphatic heterocycles. The molecular formula is C13H19N3O3. The molecule has 0 unspecified atom stereocenters. The molecule has 0 N–H and O–H groups in total. The van der Waals surface area contributed by atoms with Crippen molar-refractivity contribution in [2.75, 3.05) is 20.2 Å². The van der Waals surface area contributed by atoms with E-state index in [9.17, 15) is 9.59 Å². The Morgan fingerprint density at radius 1 is 1.37 bits per heavy atom. The molecule has 0 aliphatic carbocycles. The van der Waals surface area contributed by atoms with Gasteiger partial charge in [-0.3, -0.25) is 9.59 Å². The van der Waals surface area contributed by atoms with E-state index in [4.69, 9.17) is 4.74 Å². The fourth-order valence-corrected chi connectivity index (χ4v) is 2.33. The van der Waals surface area contributed by atoms with Crippen molar-refractivity contribution in [1.29, 1.82) is 0 Å². The van der Waals surface area contributed by atoms with Gasteiger partial charge in [-0.25, -0.2) is 4.98 Å². The van der Waals surface area contributed by atoms with E-state index in [0.717, 1.165) is 0 Å². The van der Waals surface area contributed by atoms with Gasteiger partial charge in [0.05, 0.1) is 19.4 Å². The first-order valence-corrected chi connectivity index (χ1v) is 6.52. The maximum absolute atomic E-state index is 12.0. The predicted molar refractivity (Wildman–Crippen MR) is 68.2 cm³/mol. The zero-order chi connectivity index (χ0) is 13.7. The van der Waals surface area contributed by atoms with Crippen molar-refractivity contribution >= 4 is 11.9 Å². The summed E-state index contributed by atoms with van der Waals surface area (Å²) in [6.45, 7) is 1.93. The third-order valence-corrected chi connectivity index (χ3v) is 3.53. The quantitative estimate of drug-likeness (QED) is 0.751. The first-order chi connectivity index (χ1) is 9.20. The number of amides is 1. The van der Waals surface area contributed by atoms with Crippen LogP contribution in [0.15, 0.2) is 18.7 Å². The normalized spacial score (nSPS) is 16.4. The highest BCUT2D eigenvalue weighted by molar-refractivity contribution is 5.77. The second-order valence-electron chi connectivity index (χ2n) is 4.73. The summed E-state index contributed by atoms with van der Waals surface area (Å²) in [7, 11) is 1.41. The number of methoxy groups -OCH3 is 1. The minimum Gasteiger partial charge on any atom is -0.469 e. The van der Waals surface area contributed by atoms with E-state index in [1.54, 1.807) is 12.5 Å². The molecule has 1 aromatic heterocycles. The average Bonchev–Trinajstić information content (AvgIpc) is 2.97. The Labute approximate surface area is 112 Å². The van der Waals surface area contributed by atoms with Gasteiger partial charge in [-0.15, -0.1) is 0 Å². The highest BCUT2D eigenvalue weighted by atomic mass is 16.5. The van der Waals surface area contributed by atoms with Crippen LogP contribution in [-0.4, -0.2) is 46.5 Å². The number of aromatic nitrogens is 2. The summed E-state index contributed by atoms with van der Waals surface area (Å²) in [5.41, 5.74) is 0. The van der Waals surface area contributed by atoms with Crippen LogP contribution in [0.3, 0.4) is 0 Å².